The molecule has 0 saturated carbocycles. The first kappa shape index (κ1) is 12.5. The second-order valence-corrected chi connectivity index (χ2v) is 7.02. The number of anilines is 1. The summed E-state index contributed by atoms with van der Waals surface area (Å²) in [5, 5.41) is 7.59. The molecule has 0 aromatic carbocycles. The Balaban J connectivity index is 1.84. The van der Waals surface area contributed by atoms with Crippen LogP contribution in [0, 0.1) is 5.82 Å². The molecule has 7 heteroatoms. The Morgan fingerprint density at radius 2 is 2.32 bits per heavy atom. The highest BCUT2D eigenvalue weighted by atomic mass is 19.1. The van der Waals surface area contributed by atoms with Crippen LogP contribution in [0.3, 0.4) is 0 Å². The lowest BCUT2D eigenvalue weighted by molar-refractivity contribution is 0.575. The number of pyridine rings is 1. The van der Waals surface area contributed by atoms with Gasteiger partial charge in [0, 0.05) is 35.6 Å². The molecule has 5 heterocycles. The van der Waals surface area contributed by atoms with Crippen molar-refractivity contribution in [2.75, 3.05) is 11.4 Å². The summed E-state index contributed by atoms with van der Waals surface area (Å²) < 4.78 is 60.0. The maximum absolute atomic E-state index is 14.4. The molecule has 1 N–H and O–H groups in total. The summed E-state index contributed by atoms with van der Waals surface area (Å²) in [6.45, 7) is 3.78. The van der Waals surface area contributed by atoms with Gasteiger partial charge in [0.05, 0.1) is 25.3 Å². The minimum absolute atomic E-state index is 0.00504. The van der Waals surface area contributed by atoms with E-state index in [0.717, 1.165) is 17.2 Å². The molecule has 28 heavy (non-hydrogen) atoms. The van der Waals surface area contributed by atoms with Crippen molar-refractivity contribution < 1.29 is 11.2 Å². The maximum atomic E-state index is 14.4. The van der Waals surface area contributed by atoms with Crippen molar-refractivity contribution in [2.45, 2.75) is 44.6 Å². The smallest absolute Gasteiger partial charge is 0.166 e. The number of hydrogen-bond acceptors (Lipinski definition) is 5. The zero-order valence-corrected chi connectivity index (χ0v) is 15.4. The van der Waals surface area contributed by atoms with E-state index in [0.29, 0.717) is 35.4 Å². The second kappa shape index (κ2) is 6.58. The van der Waals surface area contributed by atoms with Crippen LogP contribution in [0.4, 0.5) is 10.2 Å². The Bertz CT molecular complexity index is 1280. The molecule has 6 nitrogen and oxygen atoms in total. The standard InChI is InChI=1S/C21H23FN6/c1-13-5-6-18-16(10-15(22)11-23-18)19-4-3-8-27(19)20-7-9-28-21(26-20)17(12-24-28)14(2)25-13/h7,9-13,19,25H,2-6,8H2,1H3/t13-,19?/m1/s1/i4D2,8D2,19D. The molecule has 144 valence electrons. The molecule has 2 aliphatic rings. The van der Waals surface area contributed by atoms with E-state index in [9.17, 15) is 5.76 Å². The quantitative estimate of drug-likeness (QED) is 0.644. The van der Waals surface area contributed by atoms with Crippen LogP contribution in [0.1, 0.15) is 55.8 Å². The average Bonchev–Trinajstić information content (AvgIpc) is 3.20. The fraction of sp³-hybridized carbons (Fsp3) is 0.381. The topological polar surface area (TPSA) is 58.4 Å². The third kappa shape index (κ3) is 2.82. The number of nitrogens with one attached hydrogen (secondary N) is 1. The van der Waals surface area contributed by atoms with Crippen molar-refractivity contribution in [3.8, 4) is 0 Å². The first-order valence-corrected chi connectivity index (χ1v) is 9.19. The van der Waals surface area contributed by atoms with E-state index in [1.165, 1.54) is 10.6 Å². The molecule has 5 rings (SSSR count). The summed E-state index contributed by atoms with van der Waals surface area (Å²) in [5.41, 5.74) is 1.93. The van der Waals surface area contributed by atoms with Gasteiger partial charge in [-0.2, -0.15) is 5.10 Å². The van der Waals surface area contributed by atoms with Crippen LogP contribution in [-0.4, -0.2) is 32.1 Å². The van der Waals surface area contributed by atoms with Gasteiger partial charge in [0.1, 0.15) is 11.6 Å². The van der Waals surface area contributed by atoms with Gasteiger partial charge >= 0.3 is 0 Å². The van der Waals surface area contributed by atoms with E-state index < -0.39 is 31.1 Å². The number of nitrogens with zero attached hydrogens (tertiary/aromatic N) is 5. The van der Waals surface area contributed by atoms with Crippen molar-refractivity contribution in [3.63, 3.8) is 0 Å². The lowest BCUT2D eigenvalue weighted by atomic mass is 9.98. The number of halogens is 1. The molecule has 2 atom stereocenters. The Hall–Kier alpha value is -2.96. The highest BCUT2D eigenvalue weighted by Crippen LogP contribution is 2.37. The number of hydrogen-bond donors (Lipinski definition) is 1. The SMILES string of the molecule is [2H]C1([2H])CC([2H])([2H])C2([2H])c3cc(F)cnc3CC[C@@H](C)NC(=C)c3cnn4ccc(nc34)N12. The lowest BCUT2D eigenvalue weighted by Crippen LogP contribution is -2.26. The minimum Gasteiger partial charge on any atom is -0.382 e. The molecule has 3 aromatic rings. The highest BCUT2D eigenvalue weighted by molar-refractivity contribution is 5.74. The predicted molar refractivity (Wildman–Crippen MR) is 106 cm³/mol. The molecule has 2 bridgehead atoms. The molecule has 1 saturated heterocycles. The van der Waals surface area contributed by atoms with Crippen molar-refractivity contribution in [1.82, 2.24) is 24.9 Å². The fourth-order valence-corrected chi connectivity index (χ4v) is 3.64. The monoisotopic (exact) mass is 383 g/mol. The average molecular weight is 383 g/mol. The van der Waals surface area contributed by atoms with Gasteiger partial charge in [0.25, 0.3) is 0 Å². The summed E-state index contributed by atoms with van der Waals surface area (Å²) >= 11 is 0. The molecule has 1 fully saturated rings. The summed E-state index contributed by atoms with van der Waals surface area (Å²) in [6, 6.07) is 0.201. The zero-order valence-electron chi connectivity index (χ0n) is 20.4. The normalized spacial score (nSPS) is 31.1. The van der Waals surface area contributed by atoms with Crippen LogP contribution >= 0.6 is 0 Å². The van der Waals surface area contributed by atoms with Crippen molar-refractivity contribution >= 4 is 17.2 Å². The summed E-state index contributed by atoms with van der Waals surface area (Å²) in [7, 11) is 0. The third-order valence-electron chi connectivity index (χ3n) is 5.05. The zero-order chi connectivity index (χ0) is 23.8. The fourth-order valence-electron chi connectivity index (χ4n) is 3.64. The van der Waals surface area contributed by atoms with E-state index in [1.54, 1.807) is 12.4 Å². The second-order valence-electron chi connectivity index (χ2n) is 7.02. The lowest BCUT2D eigenvalue weighted by Gasteiger charge is -2.27. The van der Waals surface area contributed by atoms with Gasteiger partial charge in [-0.15, -0.1) is 0 Å². The number of fused-ring (bicyclic) bond motifs is 5. The molecule has 0 spiro atoms. The van der Waals surface area contributed by atoms with Crippen molar-refractivity contribution in [2.24, 2.45) is 0 Å². The Morgan fingerprint density at radius 1 is 1.43 bits per heavy atom. The van der Waals surface area contributed by atoms with E-state index >= 15 is 0 Å². The molecule has 2 aliphatic heterocycles. The van der Waals surface area contributed by atoms with Crippen molar-refractivity contribution in [1.29, 1.82) is 0 Å². The summed E-state index contributed by atoms with van der Waals surface area (Å²) in [5.74, 6) is -0.671. The van der Waals surface area contributed by atoms with Crippen LogP contribution in [0.5, 0.6) is 0 Å². The molecule has 0 amide bonds. The predicted octanol–water partition coefficient (Wildman–Crippen LogP) is 3.50. The minimum atomic E-state index is -2.37. The Morgan fingerprint density at radius 3 is 3.21 bits per heavy atom. The highest BCUT2D eigenvalue weighted by Gasteiger charge is 2.30. The summed E-state index contributed by atoms with van der Waals surface area (Å²) in [4.78, 5) is 9.80. The van der Waals surface area contributed by atoms with Gasteiger partial charge in [-0.1, -0.05) is 6.58 Å². The van der Waals surface area contributed by atoms with E-state index in [1.807, 2.05) is 6.92 Å². The summed E-state index contributed by atoms with van der Waals surface area (Å²) in [6.07, 6.45) is 2.14. The molecular formula is C21H23FN6. The van der Waals surface area contributed by atoms with Crippen LogP contribution in [-0.2, 0) is 6.42 Å². The van der Waals surface area contributed by atoms with Gasteiger partial charge in [-0.05, 0) is 50.3 Å². The number of aryl methyl sites for hydroxylation is 1. The van der Waals surface area contributed by atoms with E-state index in [-0.39, 0.29) is 17.4 Å². The van der Waals surface area contributed by atoms with Gasteiger partial charge in [0.15, 0.2) is 5.65 Å². The molecule has 0 aliphatic carbocycles. The molecule has 3 aromatic heterocycles. The maximum Gasteiger partial charge on any atom is 0.166 e. The van der Waals surface area contributed by atoms with Crippen LogP contribution < -0.4 is 10.2 Å². The third-order valence-corrected chi connectivity index (χ3v) is 5.05. The van der Waals surface area contributed by atoms with Crippen molar-refractivity contribution in [3.05, 3.63) is 59.9 Å². The largest absolute Gasteiger partial charge is 0.382 e. The van der Waals surface area contributed by atoms with Gasteiger partial charge in [-0.25, -0.2) is 13.9 Å². The Labute approximate surface area is 170 Å². The molecular weight excluding hydrogens is 355 g/mol. The van der Waals surface area contributed by atoms with Gasteiger partial charge < -0.3 is 10.2 Å². The molecule has 0 radical (unpaired) electrons. The Kier molecular flexibility index (Phi) is 2.93. The number of rotatable bonds is 0. The first-order valence-electron chi connectivity index (χ1n) is 11.7. The van der Waals surface area contributed by atoms with Crippen LogP contribution in [0.25, 0.3) is 11.3 Å². The van der Waals surface area contributed by atoms with Gasteiger partial charge in [-0.3, -0.25) is 4.98 Å². The van der Waals surface area contributed by atoms with E-state index in [4.69, 9.17) is 5.48 Å². The first-order chi connectivity index (χ1) is 15.4. The van der Waals surface area contributed by atoms with Gasteiger partial charge in [0.2, 0.25) is 0 Å². The van der Waals surface area contributed by atoms with E-state index in [2.05, 4.69) is 27.0 Å². The van der Waals surface area contributed by atoms with Crippen LogP contribution in [0.15, 0.2) is 37.3 Å². The number of aromatic nitrogens is 4. The molecule has 1 unspecified atom stereocenters. The van der Waals surface area contributed by atoms with Crippen LogP contribution in [0.2, 0.25) is 0 Å².